The van der Waals surface area contributed by atoms with Crippen LogP contribution in [0.25, 0.3) is 5.69 Å². The summed E-state index contributed by atoms with van der Waals surface area (Å²) in [5.74, 6) is -1.22. The van der Waals surface area contributed by atoms with Crippen LogP contribution in [0.1, 0.15) is 27.8 Å². The number of aromatic nitrogens is 2. The first-order valence-corrected chi connectivity index (χ1v) is 9.22. The Labute approximate surface area is 169 Å². The van der Waals surface area contributed by atoms with E-state index in [1.807, 2.05) is 0 Å². The van der Waals surface area contributed by atoms with E-state index in [4.69, 9.17) is 4.74 Å². The Morgan fingerprint density at radius 3 is 2.54 bits per heavy atom. The number of amides is 1. The van der Waals surface area contributed by atoms with Gasteiger partial charge in [0.15, 0.2) is 5.69 Å². The highest BCUT2D eigenvalue weighted by Gasteiger charge is 2.20. The molecule has 1 heterocycles. The molecule has 0 spiro atoms. The van der Waals surface area contributed by atoms with Crippen molar-refractivity contribution in [1.29, 1.82) is 0 Å². The summed E-state index contributed by atoms with van der Waals surface area (Å²) in [6.07, 6.45) is 0. The van der Waals surface area contributed by atoms with Gasteiger partial charge in [-0.1, -0.05) is 40.2 Å². The highest BCUT2D eigenvalue weighted by Crippen LogP contribution is 2.17. The summed E-state index contributed by atoms with van der Waals surface area (Å²) in [5.41, 5.74) is 0.178. The minimum absolute atomic E-state index is 0.0133. The van der Waals surface area contributed by atoms with Crippen LogP contribution in [0.15, 0.2) is 69.9 Å². The molecule has 0 radical (unpaired) electrons. The summed E-state index contributed by atoms with van der Waals surface area (Å²) < 4.78 is 6.84. The third kappa shape index (κ3) is 4.34. The molecule has 0 atom stereocenters. The predicted molar refractivity (Wildman–Crippen MR) is 108 cm³/mol. The van der Waals surface area contributed by atoms with Gasteiger partial charge in [0.1, 0.15) is 0 Å². The summed E-state index contributed by atoms with van der Waals surface area (Å²) in [6.45, 7) is 1.79. The number of hydrogen-bond donors (Lipinski definition) is 1. The van der Waals surface area contributed by atoms with Crippen LogP contribution >= 0.6 is 15.9 Å². The topological polar surface area (TPSA) is 90.3 Å². The van der Waals surface area contributed by atoms with Crippen molar-refractivity contribution in [2.24, 2.45) is 0 Å². The summed E-state index contributed by atoms with van der Waals surface area (Å²) in [7, 11) is 0. The first kappa shape index (κ1) is 19.5. The van der Waals surface area contributed by atoms with Gasteiger partial charge in [-0.2, -0.15) is 9.78 Å². The minimum atomic E-state index is -0.739. The Balaban J connectivity index is 2.04. The Hall–Kier alpha value is -3.26. The normalized spacial score (nSPS) is 10.4. The van der Waals surface area contributed by atoms with E-state index < -0.39 is 17.4 Å². The van der Waals surface area contributed by atoms with Crippen LogP contribution in [0.5, 0.6) is 0 Å². The molecule has 142 valence electrons. The standard InChI is InChI=1S/C20H16BrN3O4/c1-2-28-20(27)18-16(22-19(26)13-7-6-8-14(21)11-13)12-17(25)24(23-18)15-9-4-3-5-10-15/h3-12H,2H2,1H3,(H,22,26). The van der Waals surface area contributed by atoms with Crippen LogP contribution in [0.2, 0.25) is 0 Å². The maximum absolute atomic E-state index is 12.5. The molecule has 0 fully saturated rings. The number of benzene rings is 2. The largest absolute Gasteiger partial charge is 0.461 e. The number of esters is 1. The Kier molecular flexibility index (Phi) is 6.00. The Bertz CT molecular complexity index is 1080. The minimum Gasteiger partial charge on any atom is -0.461 e. The van der Waals surface area contributed by atoms with Crippen molar-refractivity contribution in [1.82, 2.24) is 9.78 Å². The molecule has 1 aromatic heterocycles. The molecular formula is C20H16BrN3O4. The van der Waals surface area contributed by atoms with Crippen molar-refractivity contribution >= 4 is 33.5 Å². The maximum Gasteiger partial charge on any atom is 0.360 e. The first-order chi connectivity index (χ1) is 13.5. The smallest absolute Gasteiger partial charge is 0.360 e. The molecule has 1 N–H and O–H groups in total. The SMILES string of the molecule is CCOC(=O)c1nn(-c2ccccc2)c(=O)cc1NC(=O)c1cccc(Br)c1. The quantitative estimate of drug-likeness (QED) is 0.612. The average molecular weight is 442 g/mol. The van der Waals surface area contributed by atoms with Gasteiger partial charge in [-0.15, -0.1) is 0 Å². The van der Waals surface area contributed by atoms with Crippen LogP contribution in [-0.4, -0.2) is 28.3 Å². The third-order valence-corrected chi connectivity index (χ3v) is 4.23. The Morgan fingerprint density at radius 1 is 1.11 bits per heavy atom. The molecule has 0 saturated carbocycles. The summed E-state index contributed by atoms with van der Waals surface area (Å²) >= 11 is 3.30. The summed E-state index contributed by atoms with van der Waals surface area (Å²) in [6, 6.07) is 16.5. The second-order valence-electron chi connectivity index (χ2n) is 5.68. The van der Waals surface area contributed by atoms with E-state index >= 15 is 0 Å². The van der Waals surface area contributed by atoms with Gasteiger partial charge in [-0.25, -0.2) is 4.79 Å². The number of para-hydroxylation sites is 1. The van der Waals surface area contributed by atoms with E-state index in [0.29, 0.717) is 11.3 Å². The zero-order chi connectivity index (χ0) is 20.1. The molecule has 3 rings (SSSR count). The molecule has 0 bridgehead atoms. The van der Waals surface area contributed by atoms with Crippen LogP contribution in [-0.2, 0) is 4.74 Å². The highest BCUT2D eigenvalue weighted by molar-refractivity contribution is 9.10. The molecule has 1 amide bonds. The van der Waals surface area contributed by atoms with E-state index in [1.54, 1.807) is 61.5 Å². The van der Waals surface area contributed by atoms with Gasteiger partial charge in [-0.05, 0) is 37.3 Å². The van der Waals surface area contributed by atoms with Gasteiger partial charge < -0.3 is 10.1 Å². The monoisotopic (exact) mass is 441 g/mol. The molecule has 0 aliphatic heterocycles. The summed E-state index contributed by atoms with van der Waals surface area (Å²) in [4.78, 5) is 37.5. The molecule has 0 saturated heterocycles. The molecule has 0 aliphatic rings. The van der Waals surface area contributed by atoms with Crippen LogP contribution in [0, 0.1) is 0 Å². The highest BCUT2D eigenvalue weighted by atomic mass is 79.9. The van der Waals surface area contributed by atoms with Crippen LogP contribution in [0.4, 0.5) is 5.69 Å². The van der Waals surface area contributed by atoms with Crippen LogP contribution in [0.3, 0.4) is 0 Å². The van der Waals surface area contributed by atoms with E-state index in [0.717, 1.165) is 15.2 Å². The summed E-state index contributed by atoms with van der Waals surface area (Å²) in [5, 5.41) is 6.71. The van der Waals surface area contributed by atoms with Crippen molar-refractivity contribution in [3.63, 3.8) is 0 Å². The van der Waals surface area contributed by atoms with Gasteiger partial charge in [0.05, 0.1) is 18.0 Å². The lowest BCUT2D eigenvalue weighted by Gasteiger charge is -2.12. The molecule has 8 heteroatoms. The van der Waals surface area contributed by atoms with E-state index in [-0.39, 0.29) is 18.0 Å². The lowest BCUT2D eigenvalue weighted by Crippen LogP contribution is -2.27. The lowest BCUT2D eigenvalue weighted by molar-refractivity contribution is 0.0518. The maximum atomic E-state index is 12.5. The van der Waals surface area contributed by atoms with Gasteiger partial charge in [-0.3, -0.25) is 9.59 Å². The molecule has 0 aliphatic carbocycles. The van der Waals surface area contributed by atoms with E-state index in [9.17, 15) is 14.4 Å². The first-order valence-electron chi connectivity index (χ1n) is 8.43. The van der Waals surface area contributed by atoms with E-state index in [1.165, 1.54) is 0 Å². The number of rotatable bonds is 5. The number of halogens is 1. The number of ether oxygens (including phenoxy) is 1. The van der Waals surface area contributed by atoms with E-state index in [2.05, 4.69) is 26.3 Å². The van der Waals surface area contributed by atoms with Gasteiger partial charge in [0, 0.05) is 16.1 Å². The fourth-order valence-corrected chi connectivity index (χ4v) is 2.88. The van der Waals surface area contributed by atoms with Crippen molar-refractivity contribution in [2.75, 3.05) is 11.9 Å². The number of nitrogens with one attached hydrogen (secondary N) is 1. The van der Waals surface area contributed by atoms with Crippen molar-refractivity contribution < 1.29 is 14.3 Å². The van der Waals surface area contributed by atoms with Gasteiger partial charge in [0.2, 0.25) is 0 Å². The second-order valence-corrected chi connectivity index (χ2v) is 6.59. The van der Waals surface area contributed by atoms with Crippen molar-refractivity contribution in [3.05, 3.63) is 86.7 Å². The van der Waals surface area contributed by atoms with Crippen molar-refractivity contribution in [2.45, 2.75) is 6.92 Å². The predicted octanol–water partition coefficient (Wildman–Crippen LogP) is 3.42. The Morgan fingerprint density at radius 2 is 1.86 bits per heavy atom. The van der Waals surface area contributed by atoms with Crippen LogP contribution < -0.4 is 10.9 Å². The molecular weight excluding hydrogens is 426 g/mol. The molecule has 0 unspecified atom stereocenters. The lowest BCUT2D eigenvalue weighted by atomic mass is 10.2. The fraction of sp³-hybridized carbons (Fsp3) is 0.100. The number of carbonyl (C=O) groups excluding carboxylic acids is 2. The average Bonchev–Trinajstić information content (AvgIpc) is 2.69. The zero-order valence-electron chi connectivity index (χ0n) is 14.9. The molecule has 3 aromatic rings. The van der Waals surface area contributed by atoms with Gasteiger partial charge in [0.25, 0.3) is 11.5 Å². The second kappa shape index (κ2) is 8.62. The molecule has 2 aromatic carbocycles. The number of anilines is 1. The number of carbonyl (C=O) groups is 2. The zero-order valence-corrected chi connectivity index (χ0v) is 16.5. The van der Waals surface area contributed by atoms with Gasteiger partial charge >= 0.3 is 5.97 Å². The molecule has 7 nitrogen and oxygen atoms in total. The fourth-order valence-electron chi connectivity index (χ4n) is 2.48. The number of hydrogen-bond acceptors (Lipinski definition) is 5. The molecule has 28 heavy (non-hydrogen) atoms. The number of nitrogens with zero attached hydrogens (tertiary/aromatic N) is 2. The van der Waals surface area contributed by atoms with Crippen molar-refractivity contribution in [3.8, 4) is 5.69 Å². The third-order valence-electron chi connectivity index (χ3n) is 3.74.